The molecule has 0 heterocycles. The van der Waals surface area contributed by atoms with E-state index in [9.17, 15) is 9.59 Å². The second-order valence-electron chi connectivity index (χ2n) is 3.84. The number of carbonyl (C=O) groups excluding carboxylic acids is 1. The molecule has 19 heavy (non-hydrogen) atoms. The number of benzene rings is 1. The molecule has 0 spiro atoms. The highest BCUT2D eigenvalue weighted by atomic mass is 35.5. The first kappa shape index (κ1) is 15.4. The molecule has 0 fully saturated rings. The highest BCUT2D eigenvalue weighted by molar-refractivity contribution is 6.31. The zero-order valence-electron chi connectivity index (χ0n) is 10.4. The molecule has 1 rings (SSSR count). The smallest absolute Gasteiger partial charge is 0.337 e. The molecule has 1 aromatic rings. The van der Waals surface area contributed by atoms with E-state index in [1.165, 1.54) is 25.3 Å². The first-order valence-corrected chi connectivity index (χ1v) is 5.91. The molecule has 6 nitrogen and oxygen atoms in total. The van der Waals surface area contributed by atoms with Crippen LogP contribution in [0.5, 0.6) is 0 Å². The number of methoxy groups -OCH3 is 1. The van der Waals surface area contributed by atoms with Gasteiger partial charge in [0.25, 0.3) is 0 Å². The van der Waals surface area contributed by atoms with Crippen LogP contribution in [0.4, 0.5) is 5.69 Å². The molecule has 0 aliphatic heterocycles. The fourth-order valence-electron chi connectivity index (χ4n) is 1.48. The van der Waals surface area contributed by atoms with E-state index in [4.69, 9.17) is 27.2 Å². The van der Waals surface area contributed by atoms with Crippen molar-refractivity contribution in [3.63, 3.8) is 0 Å². The fourth-order valence-corrected chi connectivity index (χ4v) is 1.65. The van der Waals surface area contributed by atoms with Crippen molar-refractivity contribution in [1.29, 1.82) is 0 Å². The van der Waals surface area contributed by atoms with E-state index in [0.29, 0.717) is 5.02 Å². The van der Waals surface area contributed by atoms with Crippen molar-refractivity contribution in [2.24, 2.45) is 5.73 Å². The van der Waals surface area contributed by atoms with Crippen LogP contribution in [0.2, 0.25) is 5.02 Å². The van der Waals surface area contributed by atoms with E-state index < -0.39 is 12.1 Å². The van der Waals surface area contributed by atoms with Crippen LogP contribution < -0.4 is 11.1 Å². The van der Waals surface area contributed by atoms with E-state index in [-0.39, 0.29) is 30.1 Å². The van der Waals surface area contributed by atoms with Crippen LogP contribution in [-0.2, 0) is 9.53 Å². The minimum Gasteiger partial charge on any atom is -0.478 e. The average Bonchev–Trinajstić information content (AvgIpc) is 2.35. The van der Waals surface area contributed by atoms with Gasteiger partial charge in [-0.1, -0.05) is 11.6 Å². The number of hydrogen-bond acceptors (Lipinski definition) is 4. The molecular formula is C12H15ClN2O4. The van der Waals surface area contributed by atoms with Crippen LogP contribution in [0.1, 0.15) is 16.8 Å². The zero-order chi connectivity index (χ0) is 14.4. The third-order valence-corrected chi connectivity index (χ3v) is 2.73. The van der Waals surface area contributed by atoms with Crippen molar-refractivity contribution < 1.29 is 19.4 Å². The van der Waals surface area contributed by atoms with Gasteiger partial charge < -0.3 is 20.9 Å². The highest BCUT2D eigenvalue weighted by Crippen LogP contribution is 2.21. The van der Waals surface area contributed by atoms with Gasteiger partial charge in [0.2, 0.25) is 5.91 Å². The lowest BCUT2D eigenvalue weighted by Crippen LogP contribution is -2.28. The number of halogens is 1. The molecule has 1 atom stereocenters. The van der Waals surface area contributed by atoms with Gasteiger partial charge in [-0.25, -0.2) is 4.79 Å². The highest BCUT2D eigenvalue weighted by Gasteiger charge is 2.16. The standard InChI is InChI=1S/C12H15ClN2O4/c1-19-8(6-14)5-11(16)15-10-4-7(13)2-3-9(10)12(17)18/h2-4,8H,5-6,14H2,1H3,(H,15,16)(H,17,18). The Labute approximate surface area is 115 Å². The van der Waals surface area contributed by atoms with Crippen molar-refractivity contribution in [1.82, 2.24) is 0 Å². The SMILES string of the molecule is COC(CN)CC(=O)Nc1cc(Cl)ccc1C(=O)O. The number of carboxylic acid groups (broad SMARTS) is 1. The van der Waals surface area contributed by atoms with E-state index in [1.54, 1.807) is 0 Å². The first-order valence-electron chi connectivity index (χ1n) is 5.53. The van der Waals surface area contributed by atoms with Crippen molar-refractivity contribution >= 4 is 29.2 Å². The maximum absolute atomic E-state index is 11.7. The molecule has 104 valence electrons. The lowest BCUT2D eigenvalue weighted by Gasteiger charge is -2.13. The largest absolute Gasteiger partial charge is 0.478 e. The van der Waals surface area contributed by atoms with Gasteiger partial charge in [-0.15, -0.1) is 0 Å². The Bertz CT molecular complexity index is 475. The molecule has 7 heteroatoms. The summed E-state index contributed by atoms with van der Waals surface area (Å²) in [5.74, 6) is -1.53. The van der Waals surface area contributed by atoms with Crippen molar-refractivity contribution in [3.05, 3.63) is 28.8 Å². The van der Waals surface area contributed by atoms with E-state index >= 15 is 0 Å². The van der Waals surface area contributed by atoms with Crippen LogP contribution in [0.15, 0.2) is 18.2 Å². The van der Waals surface area contributed by atoms with Gasteiger partial charge in [-0.3, -0.25) is 4.79 Å². The molecular weight excluding hydrogens is 272 g/mol. The van der Waals surface area contributed by atoms with Gasteiger partial charge in [-0.2, -0.15) is 0 Å². The number of carboxylic acids is 1. The second kappa shape index (κ2) is 7.08. The predicted octanol–water partition coefficient (Wildman–Crippen LogP) is 1.34. The Morgan fingerprint density at radius 3 is 2.74 bits per heavy atom. The summed E-state index contributed by atoms with van der Waals surface area (Å²) >= 11 is 5.78. The molecule has 0 aromatic heterocycles. The number of anilines is 1. The predicted molar refractivity (Wildman–Crippen MR) is 71.5 cm³/mol. The molecule has 1 unspecified atom stereocenters. The Morgan fingerprint density at radius 1 is 1.53 bits per heavy atom. The molecule has 1 aromatic carbocycles. The third kappa shape index (κ3) is 4.51. The number of nitrogens with two attached hydrogens (primary N) is 1. The summed E-state index contributed by atoms with van der Waals surface area (Å²) in [6.07, 6.45) is -0.370. The minimum absolute atomic E-state index is 0.0283. The fraction of sp³-hybridized carbons (Fsp3) is 0.333. The lowest BCUT2D eigenvalue weighted by molar-refractivity contribution is -0.118. The van der Waals surface area contributed by atoms with E-state index in [1.807, 2.05) is 0 Å². The summed E-state index contributed by atoms with van der Waals surface area (Å²) in [5.41, 5.74) is 5.53. The summed E-state index contributed by atoms with van der Waals surface area (Å²) in [6, 6.07) is 4.16. The molecule has 4 N–H and O–H groups in total. The monoisotopic (exact) mass is 286 g/mol. The number of amides is 1. The van der Waals surface area contributed by atoms with Crippen LogP contribution in [-0.4, -0.2) is 36.7 Å². The summed E-state index contributed by atoms with van der Waals surface area (Å²) < 4.78 is 4.98. The van der Waals surface area contributed by atoms with Crippen molar-refractivity contribution in [2.75, 3.05) is 19.0 Å². The summed E-state index contributed by atoms with van der Waals surface area (Å²) in [5, 5.41) is 11.8. The van der Waals surface area contributed by atoms with Crippen molar-refractivity contribution in [3.8, 4) is 0 Å². The summed E-state index contributed by atoms with van der Waals surface area (Å²) in [4.78, 5) is 22.8. The van der Waals surface area contributed by atoms with Crippen LogP contribution in [0.25, 0.3) is 0 Å². The summed E-state index contributed by atoms with van der Waals surface area (Å²) in [7, 11) is 1.45. The van der Waals surface area contributed by atoms with Gasteiger partial charge in [0, 0.05) is 18.7 Å². The third-order valence-electron chi connectivity index (χ3n) is 2.50. The van der Waals surface area contributed by atoms with Crippen LogP contribution in [0, 0.1) is 0 Å². The van der Waals surface area contributed by atoms with Gasteiger partial charge in [0.1, 0.15) is 0 Å². The van der Waals surface area contributed by atoms with Gasteiger partial charge in [0.15, 0.2) is 0 Å². The van der Waals surface area contributed by atoms with Gasteiger partial charge in [0.05, 0.1) is 23.8 Å². The molecule has 1 amide bonds. The van der Waals surface area contributed by atoms with Crippen LogP contribution in [0.3, 0.4) is 0 Å². The van der Waals surface area contributed by atoms with Gasteiger partial charge in [-0.05, 0) is 18.2 Å². The Balaban J connectivity index is 2.83. The second-order valence-corrected chi connectivity index (χ2v) is 4.28. The molecule has 0 saturated heterocycles. The molecule has 0 bridgehead atoms. The van der Waals surface area contributed by atoms with E-state index in [0.717, 1.165) is 0 Å². The maximum atomic E-state index is 11.7. The van der Waals surface area contributed by atoms with E-state index in [2.05, 4.69) is 5.32 Å². The summed E-state index contributed by atoms with van der Waals surface area (Å²) in [6.45, 7) is 0.200. The topological polar surface area (TPSA) is 102 Å². The first-order chi connectivity index (χ1) is 8.97. The Hall–Kier alpha value is -1.63. The molecule has 0 aliphatic rings. The average molecular weight is 287 g/mol. The molecule has 0 saturated carbocycles. The lowest BCUT2D eigenvalue weighted by atomic mass is 10.1. The molecule has 0 radical (unpaired) electrons. The number of rotatable bonds is 6. The number of nitrogens with one attached hydrogen (secondary N) is 1. The molecule has 0 aliphatic carbocycles. The Kier molecular flexibility index (Phi) is 5.75. The maximum Gasteiger partial charge on any atom is 0.337 e. The number of hydrogen-bond donors (Lipinski definition) is 3. The Morgan fingerprint density at radius 2 is 2.21 bits per heavy atom. The zero-order valence-corrected chi connectivity index (χ0v) is 11.1. The van der Waals surface area contributed by atoms with Gasteiger partial charge >= 0.3 is 5.97 Å². The number of ether oxygens (including phenoxy) is 1. The van der Waals surface area contributed by atoms with Crippen molar-refractivity contribution in [2.45, 2.75) is 12.5 Å². The minimum atomic E-state index is -1.14. The van der Waals surface area contributed by atoms with Crippen LogP contribution >= 0.6 is 11.6 Å². The normalized spacial score (nSPS) is 11.9. The quantitative estimate of drug-likeness (QED) is 0.732. The number of carbonyl (C=O) groups is 2. The number of aromatic carboxylic acids is 1.